The maximum absolute atomic E-state index is 6.92. The van der Waals surface area contributed by atoms with Gasteiger partial charge in [-0.3, -0.25) is 0 Å². The minimum atomic E-state index is 0.574. The molecule has 10 aromatic rings. The lowest BCUT2D eigenvalue weighted by molar-refractivity contribution is 0.671. The van der Waals surface area contributed by atoms with Crippen LogP contribution < -0.4 is 0 Å². The fraction of sp³-hybridized carbons (Fsp3) is 0. The Kier molecular flexibility index (Phi) is 6.01. The summed E-state index contributed by atoms with van der Waals surface area (Å²) in [7, 11) is 0. The van der Waals surface area contributed by atoms with Crippen LogP contribution in [0.25, 0.3) is 98.2 Å². The number of fused-ring (bicyclic) bond motifs is 7. The number of rotatable bonds is 4. The van der Waals surface area contributed by atoms with Gasteiger partial charge in [0, 0.05) is 47.6 Å². The van der Waals surface area contributed by atoms with Crippen LogP contribution in [0.2, 0.25) is 0 Å². The Labute approximate surface area is 279 Å². The molecule has 0 saturated heterocycles. The van der Waals surface area contributed by atoms with E-state index in [2.05, 4.69) is 115 Å². The molecule has 0 radical (unpaired) electrons. The van der Waals surface area contributed by atoms with E-state index in [0.29, 0.717) is 17.5 Å². The van der Waals surface area contributed by atoms with Gasteiger partial charge in [0.15, 0.2) is 17.5 Å². The first-order valence-corrected chi connectivity index (χ1v) is 16.8. The van der Waals surface area contributed by atoms with E-state index in [9.17, 15) is 0 Å². The molecule has 0 unspecified atom stereocenters. The highest BCUT2D eigenvalue weighted by molar-refractivity contribution is 7.25. The van der Waals surface area contributed by atoms with Crippen molar-refractivity contribution < 1.29 is 4.42 Å². The Balaban J connectivity index is 1.24. The average Bonchev–Trinajstić information content (AvgIpc) is 3.72. The van der Waals surface area contributed by atoms with Gasteiger partial charge in [-0.15, -0.1) is 11.3 Å². The third-order valence-electron chi connectivity index (χ3n) is 9.12. The van der Waals surface area contributed by atoms with Crippen LogP contribution in [0, 0.1) is 0 Å². The molecular weight excluding hydrogens is 607 g/mol. The highest BCUT2D eigenvalue weighted by atomic mass is 32.1. The summed E-state index contributed by atoms with van der Waals surface area (Å²) in [6.45, 7) is 0. The zero-order valence-corrected chi connectivity index (χ0v) is 26.4. The van der Waals surface area contributed by atoms with Crippen molar-refractivity contribution in [1.29, 1.82) is 0 Å². The Morgan fingerprint density at radius 1 is 0.396 bits per heavy atom. The molecular formula is C43H25N3OS. The molecule has 10 rings (SSSR count). The van der Waals surface area contributed by atoms with Crippen molar-refractivity contribution in [3.8, 4) is 45.3 Å². The maximum atomic E-state index is 6.92. The number of para-hydroxylation sites is 1. The Bertz CT molecular complexity index is 2840. The van der Waals surface area contributed by atoms with Crippen LogP contribution in [0.3, 0.4) is 0 Å². The van der Waals surface area contributed by atoms with Crippen LogP contribution in [0.4, 0.5) is 0 Å². The summed E-state index contributed by atoms with van der Waals surface area (Å²) in [4.78, 5) is 15.3. The van der Waals surface area contributed by atoms with Gasteiger partial charge in [-0.2, -0.15) is 0 Å². The predicted molar refractivity (Wildman–Crippen MR) is 199 cm³/mol. The van der Waals surface area contributed by atoms with Crippen LogP contribution in [0.5, 0.6) is 0 Å². The molecule has 0 N–H and O–H groups in total. The van der Waals surface area contributed by atoms with E-state index in [4.69, 9.17) is 19.4 Å². The van der Waals surface area contributed by atoms with Gasteiger partial charge < -0.3 is 4.42 Å². The largest absolute Gasteiger partial charge is 0.455 e. The fourth-order valence-corrected chi connectivity index (χ4v) is 7.96. The van der Waals surface area contributed by atoms with Crippen molar-refractivity contribution in [2.45, 2.75) is 0 Å². The first-order valence-electron chi connectivity index (χ1n) is 15.9. The summed E-state index contributed by atoms with van der Waals surface area (Å²) < 4.78 is 9.43. The molecule has 0 spiro atoms. The summed E-state index contributed by atoms with van der Waals surface area (Å²) in [5.74, 6) is 1.82. The molecule has 0 fully saturated rings. The molecule has 0 aliphatic rings. The lowest BCUT2D eigenvalue weighted by Crippen LogP contribution is -2.00. The second kappa shape index (κ2) is 10.7. The van der Waals surface area contributed by atoms with E-state index in [1.165, 1.54) is 25.6 Å². The molecule has 48 heavy (non-hydrogen) atoms. The van der Waals surface area contributed by atoms with Crippen molar-refractivity contribution in [3.05, 3.63) is 152 Å². The summed E-state index contributed by atoms with van der Waals surface area (Å²) in [5.41, 5.74) is 6.52. The van der Waals surface area contributed by atoms with Gasteiger partial charge in [0.2, 0.25) is 0 Å². The molecule has 0 atom stereocenters. The Hall–Kier alpha value is -6.17. The van der Waals surface area contributed by atoms with Crippen molar-refractivity contribution in [1.82, 2.24) is 15.0 Å². The number of hydrogen-bond acceptors (Lipinski definition) is 5. The van der Waals surface area contributed by atoms with Crippen molar-refractivity contribution in [2.24, 2.45) is 0 Å². The van der Waals surface area contributed by atoms with Crippen LogP contribution in [-0.2, 0) is 0 Å². The van der Waals surface area contributed by atoms with Crippen LogP contribution >= 0.6 is 11.3 Å². The predicted octanol–water partition coefficient (Wildman–Crippen LogP) is 12.0. The maximum Gasteiger partial charge on any atom is 0.167 e. The smallest absolute Gasteiger partial charge is 0.167 e. The quantitative estimate of drug-likeness (QED) is 0.194. The normalized spacial score (nSPS) is 11.8. The number of benzene rings is 7. The Morgan fingerprint density at radius 2 is 1.04 bits per heavy atom. The summed E-state index contributed by atoms with van der Waals surface area (Å²) >= 11 is 1.80. The molecule has 0 aliphatic heterocycles. The third kappa shape index (κ3) is 4.25. The number of aromatic nitrogens is 3. The number of thiophene rings is 1. The van der Waals surface area contributed by atoms with Gasteiger partial charge in [-0.25, -0.2) is 15.0 Å². The molecule has 0 aliphatic carbocycles. The summed E-state index contributed by atoms with van der Waals surface area (Å²) in [6.07, 6.45) is 0. The van der Waals surface area contributed by atoms with Gasteiger partial charge in [-0.1, -0.05) is 115 Å². The number of furan rings is 1. The lowest BCUT2D eigenvalue weighted by atomic mass is 9.95. The molecule has 0 amide bonds. The van der Waals surface area contributed by atoms with Gasteiger partial charge in [0.05, 0.1) is 5.56 Å². The highest BCUT2D eigenvalue weighted by Gasteiger charge is 2.21. The van der Waals surface area contributed by atoms with Gasteiger partial charge in [0.1, 0.15) is 11.2 Å². The molecule has 224 valence electrons. The van der Waals surface area contributed by atoms with Gasteiger partial charge in [-0.05, 0) is 52.7 Å². The molecule has 4 nitrogen and oxygen atoms in total. The topological polar surface area (TPSA) is 51.8 Å². The highest BCUT2D eigenvalue weighted by Crippen LogP contribution is 2.43. The van der Waals surface area contributed by atoms with E-state index in [1.54, 1.807) is 11.3 Å². The summed E-state index contributed by atoms with van der Waals surface area (Å²) in [6, 6.07) is 52.6. The lowest BCUT2D eigenvalue weighted by Gasteiger charge is -2.09. The molecule has 0 bridgehead atoms. The molecule has 5 heteroatoms. The first-order chi connectivity index (χ1) is 23.8. The van der Waals surface area contributed by atoms with Gasteiger partial charge >= 0.3 is 0 Å². The monoisotopic (exact) mass is 631 g/mol. The third-order valence-corrected chi connectivity index (χ3v) is 10.3. The molecule has 0 saturated carbocycles. The van der Waals surface area contributed by atoms with E-state index >= 15 is 0 Å². The zero-order chi connectivity index (χ0) is 31.6. The number of hydrogen-bond donors (Lipinski definition) is 0. The van der Waals surface area contributed by atoms with Gasteiger partial charge in [0.25, 0.3) is 0 Å². The van der Waals surface area contributed by atoms with E-state index in [-0.39, 0.29) is 0 Å². The molecule has 3 heterocycles. The van der Waals surface area contributed by atoms with Crippen LogP contribution in [-0.4, -0.2) is 15.0 Å². The van der Waals surface area contributed by atoms with E-state index in [0.717, 1.165) is 55.1 Å². The fourth-order valence-electron chi connectivity index (χ4n) is 6.87. The minimum Gasteiger partial charge on any atom is -0.455 e. The second-order valence-electron chi connectivity index (χ2n) is 12.0. The van der Waals surface area contributed by atoms with E-state index < -0.39 is 0 Å². The van der Waals surface area contributed by atoms with Crippen LogP contribution in [0.15, 0.2) is 156 Å². The molecule has 7 aromatic carbocycles. The SMILES string of the molecule is c1ccc(-c2nc(-c3ccc4sc5ccccc5c4c3)nc(-c3cccc4c3oc3c(-c5ccccc5)c5ccccc5cc34)n2)cc1. The van der Waals surface area contributed by atoms with Crippen molar-refractivity contribution in [2.75, 3.05) is 0 Å². The van der Waals surface area contributed by atoms with E-state index in [1.807, 2.05) is 36.4 Å². The van der Waals surface area contributed by atoms with Crippen LogP contribution in [0.1, 0.15) is 0 Å². The van der Waals surface area contributed by atoms with Crippen molar-refractivity contribution in [3.63, 3.8) is 0 Å². The Morgan fingerprint density at radius 3 is 1.88 bits per heavy atom. The standard InChI is InChI=1S/C43H25N3OS/c1-3-12-26(13-4-1)38-30-17-8-7-16-28(30)24-35-32-19-11-20-33(39(32)47-40(35)38)43-45-41(27-14-5-2-6-15-27)44-42(46-43)29-22-23-37-34(25-29)31-18-9-10-21-36(31)48-37/h1-25H. The zero-order valence-electron chi connectivity index (χ0n) is 25.6. The second-order valence-corrected chi connectivity index (χ2v) is 13.1. The first kappa shape index (κ1) is 27.0. The number of nitrogens with zero attached hydrogens (tertiary/aromatic N) is 3. The molecule has 3 aromatic heterocycles. The summed E-state index contributed by atoms with van der Waals surface area (Å²) in [5, 5.41) is 6.86. The minimum absolute atomic E-state index is 0.574. The van der Waals surface area contributed by atoms with Crippen molar-refractivity contribution >= 4 is 64.2 Å². The average molecular weight is 632 g/mol.